The van der Waals surface area contributed by atoms with Crippen LogP contribution in [0.5, 0.6) is 0 Å². The van der Waals surface area contributed by atoms with Gasteiger partial charge in [0.2, 0.25) is 0 Å². The van der Waals surface area contributed by atoms with E-state index in [4.69, 9.17) is 14.8 Å². The fourth-order valence-electron chi connectivity index (χ4n) is 3.12. The lowest BCUT2D eigenvalue weighted by Gasteiger charge is -2.34. The van der Waals surface area contributed by atoms with Crippen LogP contribution in [0.2, 0.25) is 0 Å². The van der Waals surface area contributed by atoms with Crippen molar-refractivity contribution in [2.45, 2.75) is 19.1 Å². The maximum absolute atomic E-state index is 13.5. The Morgan fingerprint density at radius 2 is 1.32 bits per heavy atom. The topological polar surface area (TPSA) is 61.5 Å². The molecule has 1 aliphatic rings. The zero-order chi connectivity index (χ0) is 15.8. The monoisotopic (exact) mass is 317 g/mol. The van der Waals surface area contributed by atoms with E-state index in [0.29, 0.717) is 0 Å². The summed E-state index contributed by atoms with van der Waals surface area (Å²) in [4.78, 5) is 0. The first-order valence-electron chi connectivity index (χ1n) is 7.46. The second-order valence-corrected chi connectivity index (χ2v) is 7.41. The molecule has 2 N–H and O–H groups in total. The molecular weight excluding hydrogens is 297 g/mol. The highest BCUT2D eigenvalue weighted by atomic mass is 31.2. The fraction of sp³-hybridized carbons (Fsp3) is 0.294. The minimum atomic E-state index is -3.57. The largest absolute Gasteiger partial charge is 0.359 e. The molecule has 0 unspecified atom stereocenters. The summed E-state index contributed by atoms with van der Waals surface area (Å²) in [5.41, 5.74) is 10.3. The highest BCUT2D eigenvalue weighted by Crippen LogP contribution is 2.69. The van der Waals surface area contributed by atoms with Crippen LogP contribution in [0.25, 0.3) is 11.1 Å². The molecule has 0 saturated carbocycles. The van der Waals surface area contributed by atoms with E-state index in [-0.39, 0.29) is 13.2 Å². The summed E-state index contributed by atoms with van der Waals surface area (Å²) in [5.74, 6) is 0. The molecule has 116 valence electrons. The lowest BCUT2D eigenvalue weighted by Crippen LogP contribution is -2.37. The van der Waals surface area contributed by atoms with Crippen molar-refractivity contribution in [3.63, 3.8) is 0 Å². The van der Waals surface area contributed by atoms with Crippen molar-refractivity contribution < 1.29 is 13.6 Å². The van der Waals surface area contributed by atoms with Gasteiger partial charge in [0.05, 0.1) is 13.2 Å². The summed E-state index contributed by atoms with van der Waals surface area (Å²) in [6, 6.07) is 15.5. The lowest BCUT2D eigenvalue weighted by molar-refractivity contribution is 0.203. The van der Waals surface area contributed by atoms with Crippen molar-refractivity contribution in [1.82, 2.24) is 0 Å². The smallest absolute Gasteiger partial charge is 0.308 e. The van der Waals surface area contributed by atoms with Gasteiger partial charge in [-0.3, -0.25) is 4.57 Å². The molecule has 0 bridgehead atoms. The third-order valence-electron chi connectivity index (χ3n) is 4.00. The molecule has 3 rings (SSSR count). The van der Waals surface area contributed by atoms with E-state index < -0.39 is 12.9 Å². The Morgan fingerprint density at radius 1 is 0.909 bits per heavy atom. The summed E-state index contributed by atoms with van der Waals surface area (Å²) in [6.45, 7) is 4.14. The minimum Gasteiger partial charge on any atom is -0.308 e. The zero-order valence-corrected chi connectivity index (χ0v) is 13.7. The van der Waals surface area contributed by atoms with Gasteiger partial charge in [-0.15, -0.1) is 0 Å². The van der Waals surface area contributed by atoms with Crippen LogP contribution in [0.1, 0.15) is 25.0 Å². The summed E-state index contributed by atoms with van der Waals surface area (Å²) < 4.78 is 24.7. The van der Waals surface area contributed by atoms with Gasteiger partial charge in [0.15, 0.2) is 5.28 Å². The van der Waals surface area contributed by atoms with Gasteiger partial charge in [0.25, 0.3) is 0 Å². The fourth-order valence-corrected chi connectivity index (χ4v) is 5.26. The van der Waals surface area contributed by atoms with Crippen LogP contribution in [0, 0.1) is 0 Å². The quantitative estimate of drug-likeness (QED) is 0.844. The van der Waals surface area contributed by atoms with E-state index in [1.54, 1.807) is 13.8 Å². The van der Waals surface area contributed by atoms with Crippen LogP contribution in [0.4, 0.5) is 0 Å². The Bertz CT molecular complexity index is 689. The van der Waals surface area contributed by atoms with E-state index in [0.717, 1.165) is 22.3 Å². The SMILES string of the molecule is CCOP(=O)(OCC)C1(N)c2ccccc2-c2ccccc21. The average molecular weight is 317 g/mol. The van der Waals surface area contributed by atoms with Gasteiger partial charge in [-0.1, -0.05) is 48.5 Å². The van der Waals surface area contributed by atoms with Gasteiger partial charge in [0.1, 0.15) is 0 Å². The molecule has 0 radical (unpaired) electrons. The van der Waals surface area contributed by atoms with E-state index in [1.807, 2.05) is 48.5 Å². The standard InChI is InChI=1S/C17H20NO3P/c1-3-20-22(19,21-4-2)17(18)15-11-7-5-9-13(15)14-10-6-8-12-16(14)17/h5-12H,3-4,18H2,1-2H3. The molecule has 2 aromatic rings. The molecule has 22 heavy (non-hydrogen) atoms. The Hall–Kier alpha value is -1.45. The molecule has 1 aliphatic carbocycles. The number of benzene rings is 2. The summed E-state index contributed by atoms with van der Waals surface area (Å²) in [6.07, 6.45) is 0. The Morgan fingerprint density at radius 3 is 1.73 bits per heavy atom. The molecule has 0 aliphatic heterocycles. The van der Waals surface area contributed by atoms with Crippen LogP contribution in [-0.2, 0) is 18.9 Å². The van der Waals surface area contributed by atoms with Gasteiger partial charge in [-0.2, -0.15) is 0 Å². The summed E-state index contributed by atoms with van der Waals surface area (Å²) in [7, 11) is -3.57. The van der Waals surface area contributed by atoms with E-state index in [1.165, 1.54) is 0 Å². The van der Waals surface area contributed by atoms with Crippen molar-refractivity contribution in [3.05, 3.63) is 59.7 Å². The van der Waals surface area contributed by atoms with Gasteiger partial charge >= 0.3 is 7.60 Å². The maximum atomic E-state index is 13.5. The van der Waals surface area contributed by atoms with E-state index in [2.05, 4.69) is 0 Å². The zero-order valence-electron chi connectivity index (χ0n) is 12.8. The minimum absolute atomic E-state index is 0.278. The Balaban J connectivity index is 2.31. The summed E-state index contributed by atoms with van der Waals surface area (Å²) >= 11 is 0. The van der Waals surface area contributed by atoms with Crippen molar-refractivity contribution in [2.75, 3.05) is 13.2 Å². The van der Waals surface area contributed by atoms with Crippen molar-refractivity contribution >= 4 is 7.60 Å². The predicted molar refractivity (Wildman–Crippen MR) is 87.7 cm³/mol. The number of hydrogen-bond donors (Lipinski definition) is 1. The summed E-state index contributed by atoms with van der Waals surface area (Å²) in [5, 5.41) is -1.27. The highest BCUT2D eigenvalue weighted by molar-refractivity contribution is 7.55. The molecular formula is C17H20NO3P. The molecule has 0 aromatic heterocycles. The molecule has 0 saturated heterocycles. The van der Waals surface area contributed by atoms with Gasteiger partial charge in [-0.25, -0.2) is 0 Å². The Kier molecular flexibility index (Phi) is 3.96. The second-order valence-electron chi connectivity index (χ2n) is 5.19. The molecule has 0 spiro atoms. The first-order chi connectivity index (χ1) is 10.6. The van der Waals surface area contributed by atoms with Crippen LogP contribution < -0.4 is 5.73 Å². The van der Waals surface area contributed by atoms with E-state index in [9.17, 15) is 4.57 Å². The molecule has 0 atom stereocenters. The normalized spacial score (nSPS) is 15.4. The maximum Gasteiger partial charge on any atom is 0.359 e. The number of rotatable bonds is 5. The third-order valence-corrected chi connectivity index (χ3v) is 6.54. The number of fused-ring (bicyclic) bond motifs is 3. The second kappa shape index (κ2) is 5.64. The average Bonchev–Trinajstić information content (AvgIpc) is 2.80. The molecule has 0 fully saturated rings. The van der Waals surface area contributed by atoms with Crippen LogP contribution in [-0.4, -0.2) is 13.2 Å². The number of nitrogens with two attached hydrogens (primary N) is 1. The van der Waals surface area contributed by atoms with Gasteiger partial charge in [0, 0.05) is 0 Å². The molecule has 0 amide bonds. The first-order valence-corrected chi connectivity index (χ1v) is 9.00. The van der Waals surface area contributed by atoms with Crippen LogP contribution in [0.15, 0.2) is 48.5 Å². The molecule has 4 nitrogen and oxygen atoms in total. The molecule has 0 heterocycles. The van der Waals surface area contributed by atoms with Gasteiger partial charge in [-0.05, 0) is 36.1 Å². The van der Waals surface area contributed by atoms with Crippen LogP contribution >= 0.6 is 7.60 Å². The highest BCUT2D eigenvalue weighted by Gasteiger charge is 2.55. The number of hydrogen-bond acceptors (Lipinski definition) is 4. The van der Waals surface area contributed by atoms with Crippen LogP contribution in [0.3, 0.4) is 0 Å². The van der Waals surface area contributed by atoms with Crippen molar-refractivity contribution in [2.24, 2.45) is 5.73 Å². The first kappa shape index (κ1) is 15.4. The lowest BCUT2D eigenvalue weighted by atomic mass is 10.1. The predicted octanol–water partition coefficient (Wildman–Crippen LogP) is 4.09. The van der Waals surface area contributed by atoms with E-state index >= 15 is 0 Å². The van der Waals surface area contributed by atoms with Crippen molar-refractivity contribution in [1.29, 1.82) is 0 Å². The van der Waals surface area contributed by atoms with Gasteiger partial charge < -0.3 is 14.8 Å². The molecule has 2 aromatic carbocycles. The third kappa shape index (κ3) is 1.99. The molecule has 5 heteroatoms. The van der Waals surface area contributed by atoms with Crippen molar-refractivity contribution in [3.8, 4) is 11.1 Å². The Labute approximate surface area is 130 Å².